The Hall–Kier alpha value is -1.95. The molecule has 0 saturated heterocycles. The van der Waals surface area contributed by atoms with Gasteiger partial charge in [-0.2, -0.15) is 0 Å². The lowest BCUT2D eigenvalue weighted by Crippen LogP contribution is -2.17. The molecule has 0 unspecified atom stereocenters. The molecule has 1 aliphatic rings. The third kappa shape index (κ3) is 3.22. The Morgan fingerprint density at radius 1 is 1.26 bits per heavy atom. The molecule has 3 rings (SSSR count). The van der Waals surface area contributed by atoms with Gasteiger partial charge in [0.05, 0.1) is 6.61 Å². The highest BCUT2D eigenvalue weighted by atomic mass is 19.4. The first-order valence-electron chi connectivity index (χ1n) is 7.55. The molecule has 0 bridgehead atoms. The summed E-state index contributed by atoms with van der Waals surface area (Å²) in [4.78, 5) is 0. The van der Waals surface area contributed by atoms with Gasteiger partial charge >= 0.3 is 6.36 Å². The molecule has 0 atom stereocenters. The largest absolute Gasteiger partial charge is 0.573 e. The molecule has 2 aromatic rings. The number of rotatable bonds is 5. The van der Waals surface area contributed by atoms with Crippen LogP contribution in [0.15, 0.2) is 28.7 Å². The Morgan fingerprint density at radius 3 is 2.52 bits per heavy atom. The van der Waals surface area contributed by atoms with Crippen LogP contribution in [0.4, 0.5) is 13.2 Å². The van der Waals surface area contributed by atoms with E-state index in [0.29, 0.717) is 34.6 Å². The SMILES string of the molecule is CCc1oc(C2CC2)c(CO)c1-c1ccccc1OC(F)(F)F. The van der Waals surface area contributed by atoms with E-state index in [1.54, 1.807) is 12.1 Å². The van der Waals surface area contributed by atoms with Crippen molar-refractivity contribution in [3.05, 3.63) is 41.3 Å². The minimum Gasteiger partial charge on any atom is -0.465 e. The quantitative estimate of drug-likeness (QED) is 0.860. The number of halogens is 3. The van der Waals surface area contributed by atoms with Crippen LogP contribution >= 0.6 is 0 Å². The number of hydrogen-bond donors (Lipinski definition) is 1. The fourth-order valence-corrected chi connectivity index (χ4v) is 2.82. The maximum Gasteiger partial charge on any atom is 0.573 e. The predicted octanol–water partition coefficient (Wildman–Crippen LogP) is 4.78. The molecule has 1 aliphatic carbocycles. The van der Waals surface area contributed by atoms with Gasteiger partial charge in [0.2, 0.25) is 0 Å². The Balaban J connectivity index is 2.15. The number of para-hydroxylation sites is 1. The van der Waals surface area contributed by atoms with Gasteiger partial charge in [0.1, 0.15) is 17.3 Å². The lowest BCUT2D eigenvalue weighted by atomic mass is 9.97. The Bertz CT molecular complexity index is 700. The predicted molar refractivity (Wildman–Crippen MR) is 78.1 cm³/mol. The number of benzene rings is 1. The summed E-state index contributed by atoms with van der Waals surface area (Å²) >= 11 is 0. The van der Waals surface area contributed by atoms with Crippen LogP contribution in [0.1, 0.15) is 42.8 Å². The summed E-state index contributed by atoms with van der Waals surface area (Å²) < 4.78 is 48.0. The van der Waals surface area contributed by atoms with Crippen molar-refractivity contribution in [1.82, 2.24) is 0 Å². The molecule has 3 nitrogen and oxygen atoms in total. The Kier molecular flexibility index (Phi) is 4.10. The molecule has 1 fully saturated rings. The van der Waals surface area contributed by atoms with Crippen molar-refractivity contribution in [3.63, 3.8) is 0 Å². The first kappa shape index (κ1) is 15.9. The summed E-state index contributed by atoms with van der Waals surface area (Å²) in [5, 5.41) is 9.75. The van der Waals surface area contributed by atoms with Crippen LogP contribution < -0.4 is 4.74 Å². The number of hydrogen-bond acceptors (Lipinski definition) is 3. The van der Waals surface area contributed by atoms with Crippen molar-refractivity contribution < 1.29 is 27.4 Å². The van der Waals surface area contributed by atoms with Crippen molar-refractivity contribution >= 4 is 0 Å². The van der Waals surface area contributed by atoms with Crippen molar-refractivity contribution in [3.8, 4) is 16.9 Å². The van der Waals surface area contributed by atoms with Crippen LogP contribution in [0.25, 0.3) is 11.1 Å². The van der Waals surface area contributed by atoms with Crippen LogP contribution in [-0.2, 0) is 13.0 Å². The monoisotopic (exact) mass is 326 g/mol. The smallest absolute Gasteiger partial charge is 0.465 e. The van der Waals surface area contributed by atoms with Gasteiger partial charge in [-0.3, -0.25) is 0 Å². The fraction of sp³-hybridized carbons (Fsp3) is 0.412. The van der Waals surface area contributed by atoms with E-state index in [-0.39, 0.29) is 18.3 Å². The van der Waals surface area contributed by atoms with Gasteiger partial charge in [-0.25, -0.2) is 0 Å². The normalized spacial score (nSPS) is 15.0. The summed E-state index contributed by atoms with van der Waals surface area (Å²) in [6.45, 7) is 1.60. The highest BCUT2D eigenvalue weighted by Crippen LogP contribution is 2.48. The molecule has 0 aliphatic heterocycles. The molecule has 1 heterocycles. The van der Waals surface area contributed by atoms with E-state index < -0.39 is 6.36 Å². The number of aliphatic hydroxyl groups is 1. The molecule has 1 aromatic heterocycles. The van der Waals surface area contributed by atoms with E-state index in [2.05, 4.69) is 4.74 Å². The number of aryl methyl sites for hydroxylation is 1. The van der Waals surface area contributed by atoms with Crippen LogP contribution in [0.3, 0.4) is 0 Å². The molecule has 0 spiro atoms. The second-order valence-electron chi connectivity index (χ2n) is 5.57. The molecule has 0 radical (unpaired) electrons. The van der Waals surface area contributed by atoms with E-state index >= 15 is 0 Å². The zero-order valence-corrected chi connectivity index (χ0v) is 12.6. The second-order valence-corrected chi connectivity index (χ2v) is 5.57. The van der Waals surface area contributed by atoms with Crippen molar-refractivity contribution in [1.29, 1.82) is 0 Å². The molecule has 124 valence electrons. The molecular weight excluding hydrogens is 309 g/mol. The van der Waals surface area contributed by atoms with Gasteiger partial charge in [-0.1, -0.05) is 25.1 Å². The summed E-state index contributed by atoms with van der Waals surface area (Å²) in [6.07, 6.45) is -2.30. The highest BCUT2D eigenvalue weighted by Gasteiger charge is 2.35. The first-order chi connectivity index (χ1) is 10.9. The van der Waals surface area contributed by atoms with Gasteiger partial charge in [0.25, 0.3) is 0 Å². The van der Waals surface area contributed by atoms with Crippen LogP contribution in [0.2, 0.25) is 0 Å². The Labute approximate surface area is 131 Å². The first-order valence-corrected chi connectivity index (χ1v) is 7.55. The minimum absolute atomic E-state index is 0.256. The third-order valence-electron chi connectivity index (χ3n) is 3.92. The van der Waals surface area contributed by atoms with Crippen LogP contribution in [0.5, 0.6) is 5.75 Å². The fourth-order valence-electron chi connectivity index (χ4n) is 2.82. The van der Waals surface area contributed by atoms with E-state index in [9.17, 15) is 18.3 Å². The molecular formula is C17H17F3O3. The minimum atomic E-state index is -4.77. The van der Waals surface area contributed by atoms with Crippen molar-refractivity contribution in [2.24, 2.45) is 0 Å². The van der Waals surface area contributed by atoms with Gasteiger partial charge in [-0.05, 0) is 18.9 Å². The summed E-state index contributed by atoms with van der Waals surface area (Å²) in [7, 11) is 0. The molecule has 1 N–H and O–H groups in total. The topological polar surface area (TPSA) is 42.6 Å². The number of alkyl halides is 3. The lowest BCUT2D eigenvalue weighted by Gasteiger charge is -2.14. The van der Waals surface area contributed by atoms with E-state index in [4.69, 9.17) is 4.42 Å². The van der Waals surface area contributed by atoms with Gasteiger partial charge in [0.15, 0.2) is 0 Å². The average molecular weight is 326 g/mol. The number of furan rings is 1. The molecule has 6 heteroatoms. The molecule has 1 aromatic carbocycles. The summed E-state index contributed by atoms with van der Waals surface area (Å²) in [6, 6.07) is 5.95. The average Bonchev–Trinajstić information content (AvgIpc) is 3.27. The maximum atomic E-state index is 12.7. The summed E-state index contributed by atoms with van der Waals surface area (Å²) in [5.74, 6) is 1.25. The van der Waals surface area contributed by atoms with Gasteiger partial charge in [0, 0.05) is 29.0 Å². The van der Waals surface area contributed by atoms with Gasteiger partial charge < -0.3 is 14.3 Å². The zero-order chi connectivity index (χ0) is 16.6. The number of ether oxygens (including phenoxy) is 1. The maximum absolute atomic E-state index is 12.7. The third-order valence-corrected chi connectivity index (χ3v) is 3.92. The number of aliphatic hydroxyl groups excluding tert-OH is 1. The summed E-state index contributed by atoms with van der Waals surface area (Å²) in [5.41, 5.74) is 1.39. The molecule has 0 amide bonds. The second kappa shape index (κ2) is 5.92. The molecule has 1 saturated carbocycles. The highest BCUT2D eigenvalue weighted by molar-refractivity contribution is 5.76. The van der Waals surface area contributed by atoms with Crippen LogP contribution in [0, 0.1) is 0 Å². The van der Waals surface area contributed by atoms with Crippen molar-refractivity contribution in [2.45, 2.75) is 45.1 Å². The lowest BCUT2D eigenvalue weighted by molar-refractivity contribution is -0.274. The molecule has 23 heavy (non-hydrogen) atoms. The van der Waals surface area contributed by atoms with Crippen LogP contribution in [-0.4, -0.2) is 11.5 Å². The Morgan fingerprint density at radius 2 is 1.96 bits per heavy atom. The van der Waals surface area contributed by atoms with E-state index in [0.717, 1.165) is 12.8 Å². The van der Waals surface area contributed by atoms with E-state index in [1.165, 1.54) is 12.1 Å². The standard InChI is InChI=1S/C17H17F3O3/c1-2-13-15(12(9-21)16(22-13)10-7-8-10)11-5-3-4-6-14(11)23-17(18,19)20/h3-6,10,21H,2,7-9H2,1H3. The zero-order valence-electron chi connectivity index (χ0n) is 12.6. The van der Waals surface area contributed by atoms with Gasteiger partial charge in [-0.15, -0.1) is 13.2 Å². The van der Waals surface area contributed by atoms with Crippen molar-refractivity contribution in [2.75, 3.05) is 0 Å². The van der Waals surface area contributed by atoms with E-state index in [1.807, 2.05) is 6.92 Å².